The van der Waals surface area contributed by atoms with Gasteiger partial charge >= 0.3 is 0 Å². The van der Waals surface area contributed by atoms with E-state index in [1.54, 1.807) is 6.20 Å². The van der Waals surface area contributed by atoms with Crippen molar-refractivity contribution in [2.45, 2.75) is 58.1 Å². The van der Waals surface area contributed by atoms with Crippen molar-refractivity contribution in [1.82, 2.24) is 15.0 Å². The van der Waals surface area contributed by atoms with Gasteiger partial charge in [0.2, 0.25) is 5.88 Å². The second kappa shape index (κ2) is 11.9. The summed E-state index contributed by atoms with van der Waals surface area (Å²) in [5, 5.41) is 5.17. The number of nitrogens with one attached hydrogen (secondary N) is 1. The highest BCUT2D eigenvalue weighted by Gasteiger charge is 2.31. The van der Waals surface area contributed by atoms with Crippen molar-refractivity contribution in [3.05, 3.63) is 47.4 Å². The number of aromatic nitrogens is 3. The van der Waals surface area contributed by atoms with Crippen molar-refractivity contribution < 1.29 is 14.3 Å². The molecule has 1 saturated carbocycles. The lowest BCUT2D eigenvalue weighted by atomic mass is 9.84. The minimum atomic E-state index is -0.137. The normalized spacial score (nSPS) is 18.8. The summed E-state index contributed by atoms with van der Waals surface area (Å²) >= 11 is 1.89. The maximum Gasteiger partial charge on any atom is 0.293 e. The van der Waals surface area contributed by atoms with Crippen LogP contribution in [0.3, 0.4) is 0 Å². The van der Waals surface area contributed by atoms with Crippen LogP contribution in [0.25, 0.3) is 10.8 Å². The molecule has 192 valence electrons. The van der Waals surface area contributed by atoms with Crippen LogP contribution in [0.15, 0.2) is 30.6 Å². The molecule has 1 aliphatic rings. The number of aryl methyl sites for hydroxylation is 1. The van der Waals surface area contributed by atoms with Gasteiger partial charge in [0.25, 0.3) is 6.47 Å². The molecule has 3 N–H and O–H groups in total. The number of hydrogen-bond acceptors (Lipinski definition) is 9. The highest BCUT2D eigenvalue weighted by molar-refractivity contribution is 7.98. The molecule has 2 unspecified atom stereocenters. The van der Waals surface area contributed by atoms with Crippen LogP contribution in [0.4, 0.5) is 11.6 Å². The lowest BCUT2D eigenvalue weighted by Gasteiger charge is -2.34. The van der Waals surface area contributed by atoms with Crippen LogP contribution in [0.5, 0.6) is 5.88 Å². The van der Waals surface area contributed by atoms with Gasteiger partial charge in [-0.2, -0.15) is 11.8 Å². The lowest BCUT2D eigenvalue weighted by molar-refractivity contribution is -0.129. The molecule has 0 saturated heterocycles. The molecule has 0 bridgehead atoms. The zero-order valence-electron chi connectivity index (χ0n) is 21.4. The molecule has 3 aromatic rings. The lowest BCUT2D eigenvalue weighted by Crippen LogP contribution is -2.35. The topological polar surface area (TPSA) is 112 Å². The van der Waals surface area contributed by atoms with Crippen LogP contribution in [0.1, 0.15) is 61.9 Å². The Bertz CT molecular complexity index is 1200. The van der Waals surface area contributed by atoms with Crippen molar-refractivity contribution in [2.75, 3.05) is 23.9 Å². The predicted octanol–water partition coefficient (Wildman–Crippen LogP) is 5.28. The highest BCUT2D eigenvalue weighted by atomic mass is 32.2. The molecule has 0 radical (unpaired) electrons. The minimum absolute atomic E-state index is 0.0246. The van der Waals surface area contributed by atoms with Crippen molar-refractivity contribution in [2.24, 2.45) is 11.7 Å². The maximum absolute atomic E-state index is 10.6. The molecule has 0 spiro atoms. The summed E-state index contributed by atoms with van der Waals surface area (Å²) in [7, 11) is 0. The van der Waals surface area contributed by atoms with E-state index in [1.807, 2.05) is 50.0 Å². The zero-order chi connectivity index (χ0) is 25.7. The third-order valence-electron chi connectivity index (χ3n) is 6.75. The minimum Gasteiger partial charge on any atom is -0.474 e. The molecule has 8 nitrogen and oxygen atoms in total. The predicted molar refractivity (Wildman–Crippen MR) is 145 cm³/mol. The summed E-state index contributed by atoms with van der Waals surface area (Å²) < 4.78 is 11.2. The number of rotatable bonds is 12. The molecule has 2 atom stereocenters. The number of thioether (sulfide) groups is 1. The van der Waals surface area contributed by atoms with Crippen LogP contribution in [-0.4, -0.2) is 46.1 Å². The van der Waals surface area contributed by atoms with E-state index < -0.39 is 0 Å². The van der Waals surface area contributed by atoms with Crippen LogP contribution >= 0.6 is 11.8 Å². The van der Waals surface area contributed by atoms with E-state index in [1.165, 1.54) is 5.75 Å². The molecule has 1 aliphatic carbocycles. The largest absolute Gasteiger partial charge is 0.474 e. The molecular formula is C27H35N5O3S. The first-order chi connectivity index (χ1) is 17.4. The summed E-state index contributed by atoms with van der Waals surface area (Å²) in [6.45, 7) is 6.79. The van der Waals surface area contributed by atoms with Gasteiger partial charge in [-0.25, -0.2) is 15.0 Å². The maximum atomic E-state index is 10.6. The van der Waals surface area contributed by atoms with Gasteiger partial charge in [0.1, 0.15) is 17.7 Å². The first-order valence-corrected chi connectivity index (χ1v) is 13.8. The molecule has 4 rings (SSSR count). The van der Waals surface area contributed by atoms with Gasteiger partial charge in [-0.3, -0.25) is 4.79 Å². The van der Waals surface area contributed by atoms with E-state index in [9.17, 15) is 4.79 Å². The number of hydrogen-bond donors (Lipinski definition) is 2. The van der Waals surface area contributed by atoms with Gasteiger partial charge in [0, 0.05) is 24.4 Å². The monoisotopic (exact) mass is 509 g/mol. The summed E-state index contributed by atoms with van der Waals surface area (Å²) in [6.07, 6.45) is 8.90. The molecular weight excluding hydrogens is 474 g/mol. The summed E-state index contributed by atoms with van der Waals surface area (Å²) in [5.41, 5.74) is 9.32. The van der Waals surface area contributed by atoms with Crippen LogP contribution in [0, 0.1) is 12.8 Å². The van der Waals surface area contributed by atoms with Crippen molar-refractivity contribution in [3.8, 4) is 5.88 Å². The number of nitrogens with two attached hydrogens (primary N) is 1. The molecule has 3 aromatic heterocycles. The Morgan fingerprint density at radius 2 is 2.03 bits per heavy atom. The van der Waals surface area contributed by atoms with Gasteiger partial charge in [-0.15, -0.1) is 0 Å². The second-order valence-corrected chi connectivity index (χ2v) is 10.4. The molecule has 9 heteroatoms. The highest BCUT2D eigenvalue weighted by Crippen LogP contribution is 2.37. The van der Waals surface area contributed by atoms with E-state index in [-0.39, 0.29) is 24.7 Å². The zero-order valence-corrected chi connectivity index (χ0v) is 22.2. The van der Waals surface area contributed by atoms with Gasteiger partial charge in [0.05, 0.1) is 17.7 Å². The number of carbonyl (C=O) groups excluding carboxylic acids is 1. The van der Waals surface area contributed by atoms with Gasteiger partial charge in [0.15, 0.2) is 0 Å². The van der Waals surface area contributed by atoms with E-state index in [4.69, 9.17) is 20.2 Å². The van der Waals surface area contributed by atoms with Crippen LogP contribution in [0.2, 0.25) is 0 Å². The smallest absolute Gasteiger partial charge is 0.293 e. The number of nitrogens with zero attached hydrogens (tertiary/aromatic N) is 3. The quantitative estimate of drug-likeness (QED) is 0.315. The average molecular weight is 510 g/mol. The van der Waals surface area contributed by atoms with Crippen LogP contribution in [-0.2, 0) is 9.53 Å². The first-order valence-electron chi connectivity index (χ1n) is 12.4. The number of fused-ring (bicyclic) bond motifs is 1. The van der Waals surface area contributed by atoms with E-state index in [0.29, 0.717) is 24.0 Å². The number of pyridine rings is 3. The third kappa shape index (κ3) is 5.90. The first kappa shape index (κ1) is 26.2. The van der Waals surface area contributed by atoms with Gasteiger partial charge < -0.3 is 20.5 Å². The Morgan fingerprint density at radius 3 is 2.75 bits per heavy atom. The summed E-state index contributed by atoms with van der Waals surface area (Å²) in [6, 6.07) is 5.77. The van der Waals surface area contributed by atoms with Crippen molar-refractivity contribution in [1.29, 1.82) is 0 Å². The molecule has 0 amide bonds. The van der Waals surface area contributed by atoms with Crippen molar-refractivity contribution >= 4 is 40.6 Å². The van der Waals surface area contributed by atoms with Crippen LogP contribution < -0.4 is 15.8 Å². The Morgan fingerprint density at radius 1 is 1.22 bits per heavy atom. The Hall–Kier alpha value is -2.91. The molecule has 0 aromatic carbocycles. The average Bonchev–Trinajstić information content (AvgIpc) is 2.86. The fourth-order valence-electron chi connectivity index (χ4n) is 4.62. The fourth-order valence-corrected chi connectivity index (χ4v) is 5.36. The standard InChI is InChI=1S/C27H35N5O3S/c1-5-23(28)21-11-30-27(35-19-8-18(9-19)14-36-4)22-12-29-25(10-20(21)22)31-24-7-6-16(2)26(32-24)17(3)13-34-15-33/h6-7,10-12,15,17-19,23H,5,8-9,13-14,28H2,1-4H3,(H,29,31,32). The Labute approximate surface area is 216 Å². The Balaban J connectivity index is 1.61. The molecule has 1 fully saturated rings. The van der Waals surface area contributed by atoms with E-state index >= 15 is 0 Å². The number of anilines is 2. The number of ether oxygens (including phenoxy) is 2. The number of carbonyl (C=O) groups is 1. The summed E-state index contributed by atoms with van der Waals surface area (Å²) in [5.74, 6) is 3.81. The fraction of sp³-hybridized carbons (Fsp3) is 0.481. The molecule has 3 heterocycles. The molecule has 0 aliphatic heterocycles. The molecule has 36 heavy (non-hydrogen) atoms. The van der Waals surface area contributed by atoms with Gasteiger partial charge in [-0.1, -0.05) is 19.9 Å². The second-order valence-electron chi connectivity index (χ2n) is 9.54. The SMILES string of the molecule is CCC(N)c1cnc(OC2CC(CSC)C2)c2cnc(Nc3ccc(C)c(C(C)COC=O)n3)cc12. The van der Waals surface area contributed by atoms with E-state index in [2.05, 4.69) is 28.5 Å². The van der Waals surface area contributed by atoms with Gasteiger partial charge in [-0.05, 0) is 72.8 Å². The van der Waals surface area contributed by atoms with E-state index in [0.717, 1.165) is 52.8 Å². The third-order valence-corrected chi connectivity index (χ3v) is 7.56. The van der Waals surface area contributed by atoms with Crippen molar-refractivity contribution in [3.63, 3.8) is 0 Å². The summed E-state index contributed by atoms with van der Waals surface area (Å²) in [4.78, 5) is 24.6. The Kier molecular flexibility index (Phi) is 8.64.